The number of nitrogens with one attached hydrogen (secondary N) is 1. The van der Waals surface area contributed by atoms with Gasteiger partial charge < -0.3 is 15.2 Å². The van der Waals surface area contributed by atoms with Gasteiger partial charge in [-0.1, -0.05) is 23.2 Å². The average molecular weight is 332 g/mol. The lowest BCUT2D eigenvalue weighted by Gasteiger charge is -2.15. The van der Waals surface area contributed by atoms with Gasteiger partial charge >= 0.3 is 5.97 Å². The third-order valence-electron chi connectivity index (χ3n) is 3.60. The van der Waals surface area contributed by atoms with Crippen LogP contribution < -0.4 is 10.1 Å². The highest BCUT2D eigenvalue weighted by Crippen LogP contribution is 2.31. The largest absolute Gasteiger partial charge is 0.496 e. The molecular formula is C14H15Cl2NO4. The van der Waals surface area contributed by atoms with Gasteiger partial charge in [-0.2, -0.15) is 0 Å². The molecule has 1 aromatic carbocycles. The number of amides is 1. The lowest BCUT2D eigenvalue weighted by atomic mass is 10.1. The van der Waals surface area contributed by atoms with E-state index in [-0.39, 0.29) is 22.5 Å². The van der Waals surface area contributed by atoms with Gasteiger partial charge in [0.15, 0.2) is 0 Å². The smallest absolute Gasteiger partial charge is 0.306 e. The molecule has 0 bridgehead atoms. The summed E-state index contributed by atoms with van der Waals surface area (Å²) in [6.45, 7) is 0. The van der Waals surface area contributed by atoms with E-state index >= 15 is 0 Å². The van der Waals surface area contributed by atoms with Crippen LogP contribution in [0.4, 0.5) is 0 Å². The molecule has 0 spiro atoms. The zero-order valence-corrected chi connectivity index (χ0v) is 12.9. The molecule has 0 radical (unpaired) electrons. The maximum atomic E-state index is 12.3. The number of carbonyl (C=O) groups is 2. The Kier molecular flexibility index (Phi) is 4.96. The van der Waals surface area contributed by atoms with E-state index in [4.69, 9.17) is 33.0 Å². The summed E-state index contributed by atoms with van der Waals surface area (Å²) < 4.78 is 5.13. The van der Waals surface area contributed by atoms with Crippen LogP contribution in [0.2, 0.25) is 10.0 Å². The van der Waals surface area contributed by atoms with E-state index in [1.165, 1.54) is 19.2 Å². The van der Waals surface area contributed by atoms with Gasteiger partial charge in [0.2, 0.25) is 0 Å². The second kappa shape index (κ2) is 6.54. The van der Waals surface area contributed by atoms with Crippen LogP contribution >= 0.6 is 23.2 Å². The van der Waals surface area contributed by atoms with Gasteiger partial charge in [0.1, 0.15) is 5.75 Å². The van der Waals surface area contributed by atoms with Crippen molar-refractivity contribution >= 4 is 35.1 Å². The number of carboxylic acid groups (broad SMARTS) is 1. The molecule has 7 heteroatoms. The Hall–Kier alpha value is -1.46. The molecule has 2 atom stereocenters. The van der Waals surface area contributed by atoms with Crippen LogP contribution in [0.25, 0.3) is 0 Å². The molecule has 1 aromatic rings. The quantitative estimate of drug-likeness (QED) is 0.889. The van der Waals surface area contributed by atoms with E-state index in [2.05, 4.69) is 5.32 Å². The van der Waals surface area contributed by atoms with Gasteiger partial charge in [-0.05, 0) is 25.3 Å². The van der Waals surface area contributed by atoms with Gasteiger partial charge in [0.05, 0.1) is 28.6 Å². The standard InChI is InChI=1S/C14H15Cl2NO4/c1-21-12-6-11(16)10(15)5-9(12)13(18)17-8-3-2-7(4-8)14(19)20/h5-8H,2-4H2,1H3,(H,17,18)(H,19,20)/t7-,8+/m1/s1. The maximum Gasteiger partial charge on any atom is 0.306 e. The van der Waals surface area contributed by atoms with Crippen molar-refractivity contribution in [1.82, 2.24) is 5.32 Å². The van der Waals surface area contributed by atoms with E-state index in [0.29, 0.717) is 30.0 Å². The predicted octanol–water partition coefficient (Wildman–Crippen LogP) is 2.99. The first-order valence-corrected chi connectivity index (χ1v) is 7.24. The highest BCUT2D eigenvalue weighted by Gasteiger charge is 2.31. The fraction of sp³-hybridized carbons (Fsp3) is 0.429. The molecule has 2 N–H and O–H groups in total. The van der Waals surface area contributed by atoms with Crippen molar-refractivity contribution in [3.05, 3.63) is 27.7 Å². The number of benzene rings is 1. The van der Waals surface area contributed by atoms with Crippen LogP contribution in [0.3, 0.4) is 0 Å². The normalized spacial score (nSPS) is 21.1. The van der Waals surface area contributed by atoms with Crippen LogP contribution in [-0.2, 0) is 4.79 Å². The highest BCUT2D eigenvalue weighted by molar-refractivity contribution is 6.42. The Balaban J connectivity index is 2.11. The molecule has 0 saturated heterocycles. The summed E-state index contributed by atoms with van der Waals surface area (Å²) in [6, 6.07) is 2.77. The van der Waals surface area contributed by atoms with Crippen molar-refractivity contribution in [1.29, 1.82) is 0 Å². The van der Waals surface area contributed by atoms with Crippen LogP contribution in [0.15, 0.2) is 12.1 Å². The third-order valence-corrected chi connectivity index (χ3v) is 4.33. The number of aliphatic carboxylic acids is 1. The molecule has 1 fully saturated rings. The van der Waals surface area contributed by atoms with Crippen LogP contribution in [-0.4, -0.2) is 30.1 Å². The Morgan fingerprint density at radius 1 is 1.29 bits per heavy atom. The molecule has 0 aromatic heterocycles. The fourth-order valence-electron chi connectivity index (χ4n) is 2.47. The van der Waals surface area contributed by atoms with Crippen molar-refractivity contribution in [3.8, 4) is 5.75 Å². The van der Waals surface area contributed by atoms with E-state index < -0.39 is 11.9 Å². The number of carboxylic acids is 1. The van der Waals surface area contributed by atoms with E-state index in [0.717, 1.165) is 0 Å². The van der Waals surface area contributed by atoms with E-state index in [1.54, 1.807) is 0 Å². The molecular weight excluding hydrogens is 317 g/mol. The van der Waals surface area contributed by atoms with E-state index in [1.807, 2.05) is 0 Å². The lowest BCUT2D eigenvalue weighted by molar-refractivity contribution is -0.141. The third kappa shape index (κ3) is 3.60. The SMILES string of the molecule is COc1cc(Cl)c(Cl)cc1C(=O)N[C@H]1CC[C@@H](C(=O)O)C1. The summed E-state index contributed by atoms with van der Waals surface area (Å²) in [6.07, 6.45) is 1.65. The fourth-order valence-corrected chi connectivity index (χ4v) is 2.79. The first kappa shape index (κ1) is 15.9. The summed E-state index contributed by atoms with van der Waals surface area (Å²) in [5, 5.41) is 12.3. The first-order chi connectivity index (χ1) is 9.92. The molecule has 1 saturated carbocycles. The molecule has 2 rings (SSSR count). The van der Waals surface area contributed by atoms with Gasteiger partial charge in [0.25, 0.3) is 5.91 Å². The Labute approximate surface area is 132 Å². The van der Waals surface area contributed by atoms with Crippen molar-refractivity contribution in [2.45, 2.75) is 25.3 Å². The van der Waals surface area contributed by atoms with E-state index in [9.17, 15) is 9.59 Å². The summed E-state index contributed by atoms with van der Waals surface area (Å²) in [5.74, 6) is -1.24. The van der Waals surface area contributed by atoms with Crippen molar-refractivity contribution < 1.29 is 19.4 Å². The molecule has 1 amide bonds. The minimum absolute atomic E-state index is 0.155. The topological polar surface area (TPSA) is 75.6 Å². The Morgan fingerprint density at radius 2 is 1.95 bits per heavy atom. The van der Waals surface area contributed by atoms with Crippen LogP contribution in [0, 0.1) is 5.92 Å². The zero-order chi connectivity index (χ0) is 15.6. The van der Waals surface area contributed by atoms with Crippen molar-refractivity contribution in [2.24, 2.45) is 5.92 Å². The molecule has 0 aliphatic heterocycles. The minimum Gasteiger partial charge on any atom is -0.496 e. The van der Waals surface area contributed by atoms with Crippen molar-refractivity contribution in [3.63, 3.8) is 0 Å². The highest BCUT2D eigenvalue weighted by atomic mass is 35.5. The Bertz CT molecular complexity index is 576. The number of ether oxygens (including phenoxy) is 1. The molecule has 0 heterocycles. The summed E-state index contributed by atoms with van der Waals surface area (Å²) in [7, 11) is 1.44. The molecule has 5 nitrogen and oxygen atoms in total. The summed E-state index contributed by atoms with van der Waals surface area (Å²) >= 11 is 11.8. The van der Waals surface area contributed by atoms with Crippen molar-refractivity contribution in [2.75, 3.05) is 7.11 Å². The predicted molar refractivity (Wildman–Crippen MR) is 79.2 cm³/mol. The second-order valence-electron chi connectivity index (χ2n) is 4.99. The minimum atomic E-state index is -0.820. The van der Waals surface area contributed by atoms with Gasteiger partial charge in [-0.3, -0.25) is 9.59 Å². The van der Waals surface area contributed by atoms with Gasteiger partial charge in [-0.15, -0.1) is 0 Å². The maximum absolute atomic E-state index is 12.3. The number of methoxy groups -OCH3 is 1. The summed E-state index contributed by atoms with van der Waals surface area (Å²) in [5.41, 5.74) is 0.283. The first-order valence-electron chi connectivity index (χ1n) is 6.49. The lowest BCUT2D eigenvalue weighted by Crippen LogP contribution is -2.33. The average Bonchev–Trinajstić information content (AvgIpc) is 2.89. The Morgan fingerprint density at radius 3 is 2.52 bits per heavy atom. The number of hydrogen-bond acceptors (Lipinski definition) is 3. The molecule has 0 unspecified atom stereocenters. The summed E-state index contributed by atoms with van der Waals surface area (Å²) in [4.78, 5) is 23.2. The number of carbonyl (C=O) groups excluding carboxylic acids is 1. The number of hydrogen-bond donors (Lipinski definition) is 2. The van der Waals surface area contributed by atoms with Gasteiger partial charge in [-0.25, -0.2) is 0 Å². The van der Waals surface area contributed by atoms with Gasteiger partial charge in [0, 0.05) is 12.1 Å². The molecule has 1 aliphatic rings. The zero-order valence-electron chi connectivity index (χ0n) is 11.4. The molecule has 21 heavy (non-hydrogen) atoms. The molecule has 114 valence electrons. The monoisotopic (exact) mass is 331 g/mol. The van der Waals surface area contributed by atoms with Crippen LogP contribution in [0.1, 0.15) is 29.6 Å². The number of rotatable bonds is 4. The molecule has 1 aliphatic carbocycles. The van der Waals surface area contributed by atoms with Crippen LogP contribution in [0.5, 0.6) is 5.75 Å². The number of halogens is 2. The second-order valence-corrected chi connectivity index (χ2v) is 5.80.